The molecule has 1 atom stereocenters. The number of likely N-dealkylation sites (tertiary alicyclic amines) is 1. The van der Waals surface area contributed by atoms with Crippen molar-refractivity contribution in [3.05, 3.63) is 50.4 Å². The molecule has 208 valence electrons. The van der Waals surface area contributed by atoms with Crippen LogP contribution in [0.25, 0.3) is 0 Å². The van der Waals surface area contributed by atoms with Crippen molar-refractivity contribution in [3.8, 4) is 23.8 Å². The molecule has 2 aromatic rings. The summed E-state index contributed by atoms with van der Waals surface area (Å²) in [4.78, 5) is 32.0. The van der Waals surface area contributed by atoms with Crippen molar-refractivity contribution in [2.24, 2.45) is 5.92 Å². The van der Waals surface area contributed by atoms with Crippen molar-refractivity contribution in [2.45, 2.75) is 69.2 Å². The molecule has 3 aliphatic rings. The molecule has 9 heteroatoms. The predicted octanol–water partition coefficient (Wildman–Crippen LogP) is 3.65. The van der Waals surface area contributed by atoms with Crippen LogP contribution >= 0.6 is 11.8 Å². The number of benzene rings is 1. The maximum Gasteiger partial charge on any atom is 0.254 e. The number of hydrogen-bond acceptors (Lipinski definition) is 7. The van der Waals surface area contributed by atoms with Gasteiger partial charge in [0.15, 0.2) is 11.5 Å². The third-order valence-electron chi connectivity index (χ3n) is 8.41. The van der Waals surface area contributed by atoms with Crippen LogP contribution in [0.4, 0.5) is 0 Å². The summed E-state index contributed by atoms with van der Waals surface area (Å²) in [6, 6.07) is 4.20. The van der Waals surface area contributed by atoms with Gasteiger partial charge in [-0.05, 0) is 63.8 Å². The van der Waals surface area contributed by atoms with Gasteiger partial charge in [-0.2, -0.15) is 0 Å². The van der Waals surface area contributed by atoms with E-state index in [1.165, 1.54) is 11.8 Å². The SMILES string of the molecule is C#Cc1cc(C(=O)NCc2c(SC)cc(C)[nH]c2=O)c(C)c2c1OC[C@H]([C@H]1CC[C@@H](N3CC(OC)C3)CC1)O2. The van der Waals surface area contributed by atoms with Gasteiger partial charge >= 0.3 is 0 Å². The number of methoxy groups -OCH3 is 1. The lowest BCUT2D eigenvalue weighted by atomic mass is 9.81. The number of aromatic amines is 1. The number of hydrogen-bond donors (Lipinski definition) is 2. The lowest BCUT2D eigenvalue weighted by molar-refractivity contribution is -0.0649. The first kappa shape index (κ1) is 27.6. The van der Waals surface area contributed by atoms with E-state index in [1.807, 2.05) is 26.2 Å². The molecule has 1 aliphatic carbocycles. The molecule has 2 fully saturated rings. The second kappa shape index (κ2) is 11.7. The molecule has 8 nitrogen and oxygen atoms in total. The molecule has 3 heterocycles. The number of H-pyrrole nitrogens is 1. The summed E-state index contributed by atoms with van der Waals surface area (Å²) in [5.41, 5.74) is 2.72. The molecule has 2 aliphatic heterocycles. The van der Waals surface area contributed by atoms with Gasteiger partial charge < -0.3 is 24.5 Å². The summed E-state index contributed by atoms with van der Waals surface area (Å²) in [6.07, 6.45) is 12.4. The number of fused-ring (bicyclic) bond motifs is 1. The molecule has 39 heavy (non-hydrogen) atoms. The van der Waals surface area contributed by atoms with Gasteiger partial charge in [0.2, 0.25) is 0 Å². The van der Waals surface area contributed by atoms with Crippen LogP contribution in [-0.2, 0) is 11.3 Å². The minimum absolute atomic E-state index is 0.0838. The number of amides is 1. The summed E-state index contributed by atoms with van der Waals surface area (Å²) in [7, 11) is 1.78. The highest BCUT2D eigenvalue weighted by atomic mass is 32.2. The molecule has 1 aromatic heterocycles. The van der Waals surface area contributed by atoms with E-state index in [2.05, 4.69) is 21.1 Å². The number of aromatic nitrogens is 1. The zero-order valence-electron chi connectivity index (χ0n) is 23.1. The lowest BCUT2D eigenvalue weighted by Gasteiger charge is -2.46. The van der Waals surface area contributed by atoms with Gasteiger partial charge in [-0.25, -0.2) is 0 Å². The zero-order valence-corrected chi connectivity index (χ0v) is 23.9. The topological polar surface area (TPSA) is 92.9 Å². The molecule has 0 bridgehead atoms. The van der Waals surface area contributed by atoms with E-state index in [9.17, 15) is 9.59 Å². The lowest BCUT2D eigenvalue weighted by Crippen LogP contribution is -2.57. The molecule has 1 saturated heterocycles. The van der Waals surface area contributed by atoms with Crippen LogP contribution in [0.3, 0.4) is 0 Å². The highest BCUT2D eigenvalue weighted by molar-refractivity contribution is 7.98. The molecular formula is C30H37N3O5S. The molecule has 1 saturated carbocycles. The van der Waals surface area contributed by atoms with Crippen molar-refractivity contribution >= 4 is 17.7 Å². The van der Waals surface area contributed by atoms with E-state index < -0.39 is 0 Å². The maximum absolute atomic E-state index is 13.3. The van der Waals surface area contributed by atoms with Crippen LogP contribution in [-0.4, -0.2) is 67.1 Å². The molecular weight excluding hydrogens is 514 g/mol. The number of ether oxygens (including phenoxy) is 3. The second-order valence-electron chi connectivity index (χ2n) is 10.8. The number of rotatable bonds is 7. The van der Waals surface area contributed by atoms with Crippen LogP contribution in [0.1, 0.15) is 58.4 Å². The van der Waals surface area contributed by atoms with Crippen molar-refractivity contribution in [1.29, 1.82) is 0 Å². The summed E-state index contributed by atoms with van der Waals surface area (Å²) in [5.74, 6) is 3.82. The molecule has 0 radical (unpaired) electrons. The fourth-order valence-corrected chi connectivity index (χ4v) is 6.71. The van der Waals surface area contributed by atoms with Gasteiger partial charge in [-0.1, -0.05) is 5.92 Å². The van der Waals surface area contributed by atoms with E-state index in [1.54, 1.807) is 13.2 Å². The molecule has 0 spiro atoms. The highest BCUT2D eigenvalue weighted by Crippen LogP contribution is 2.43. The largest absolute Gasteiger partial charge is 0.484 e. The van der Waals surface area contributed by atoms with Crippen LogP contribution in [0.15, 0.2) is 21.8 Å². The van der Waals surface area contributed by atoms with E-state index in [0.717, 1.165) is 49.4 Å². The first-order valence-corrected chi connectivity index (χ1v) is 14.8. The van der Waals surface area contributed by atoms with E-state index >= 15 is 0 Å². The van der Waals surface area contributed by atoms with Gasteiger partial charge in [0.1, 0.15) is 12.7 Å². The highest BCUT2D eigenvalue weighted by Gasteiger charge is 2.38. The molecule has 5 rings (SSSR count). The van der Waals surface area contributed by atoms with Crippen LogP contribution < -0.4 is 20.3 Å². The van der Waals surface area contributed by atoms with Crippen LogP contribution in [0.2, 0.25) is 0 Å². The summed E-state index contributed by atoms with van der Waals surface area (Å²) in [6.45, 7) is 6.31. The Balaban J connectivity index is 1.29. The third-order valence-corrected chi connectivity index (χ3v) is 9.22. The fraction of sp³-hybridized carbons (Fsp3) is 0.533. The quantitative estimate of drug-likeness (QED) is 0.401. The Kier molecular flexibility index (Phi) is 8.27. The number of terminal acetylenes is 1. The van der Waals surface area contributed by atoms with Gasteiger partial charge in [-0.3, -0.25) is 14.5 Å². The fourth-order valence-electron chi connectivity index (χ4n) is 6.00. The number of aryl methyl sites for hydroxylation is 1. The monoisotopic (exact) mass is 551 g/mol. The van der Waals surface area contributed by atoms with Gasteiger partial charge in [0.05, 0.1) is 11.7 Å². The Hall–Kier alpha value is -2.93. The summed E-state index contributed by atoms with van der Waals surface area (Å²) < 4.78 is 18.2. The van der Waals surface area contributed by atoms with Gasteiger partial charge in [0.25, 0.3) is 11.5 Å². The summed E-state index contributed by atoms with van der Waals surface area (Å²) >= 11 is 1.48. The van der Waals surface area contributed by atoms with Crippen molar-refractivity contribution in [2.75, 3.05) is 33.1 Å². The average molecular weight is 552 g/mol. The van der Waals surface area contributed by atoms with Gasteiger partial charge in [-0.15, -0.1) is 18.2 Å². The Morgan fingerprint density at radius 2 is 1.97 bits per heavy atom. The summed E-state index contributed by atoms with van der Waals surface area (Å²) in [5, 5.41) is 2.91. The van der Waals surface area contributed by atoms with E-state index in [4.69, 9.17) is 20.6 Å². The standard InChI is InChI=1S/C30H37N3O5S/c1-6-19-12-23(29(34)31-13-24-26(39-5)11-17(2)32-30(24)35)18(3)27-28(19)37-16-25(38-27)20-7-9-21(10-8-20)33-14-22(15-33)36-4/h1,11-12,20-22,25H,7-10,13-16H2,2-5H3,(H,31,34)(H,32,35)/t20-,21+,25-/m1/s1. The average Bonchev–Trinajstić information content (AvgIpc) is 2.92. The van der Waals surface area contributed by atoms with E-state index in [-0.39, 0.29) is 24.1 Å². The second-order valence-corrected chi connectivity index (χ2v) is 11.6. The molecule has 1 aromatic carbocycles. The van der Waals surface area contributed by atoms with Crippen LogP contribution in [0.5, 0.6) is 11.5 Å². The van der Waals surface area contributed by atoms with Gasteiger partial charge in [0, 0.05) is 60.1 Å². The minimum Gasteiger partial charge on any atom is -0.484 e. The molecule has 2 N–H and O–H groups in total. The maximum atomic E-state index is 13.3. The Labute approximate surface area is 234 Å². The number of pyridine rings is 1. The number of thioether (sulfide) groups is 1. The van der Waals surface area contributed by atoms with Crippen molar-refractivity contribution in [1.82, 2.24) is 15.2 Å². The van der Waals surface area contributed by atoms with Crippen LogP contribution in [0, 0.1) is 32.1 Å². The first-order valence-electron chi connectivity index (χ1n) is 13.6. The molecule has 1 amide bonds. The number of nitrogens with one attached hydrogen (secondary N) is 2. The predicted molar refractivity (Wildman–Crippen MR) is 152 cm³/mol. The smallest absolute Gasteiger partial charge is 0.254 e. The molecule has 0 unspecified atom stereocenters. The number of carbonyl (C=O) groups excluding carboxylic acids is 1. The normalized spacial score (nSPS) is 23.1. The number of carbonyl (C=O) groups is 1. The first-order chi connectivity index (χ1) is 18.8. The Bertz CT molecular complexity index is 1340. The van der Waals surface area contributed by atoms with Crippen molar-refractivity contribution < 1.29 is 19.0 Å². The number of nitrogens with zero attached hydrogens (tertiary/aromatic N) is 1. The minimum atomic E-state index is -0.311. The van der Waals surface area contributed by atoms with Crippen molar-refractivity contribution in [3.63, 3.8) is 0 Å². The zero-order chi connectivity index (χ0) is 27.7. The van der Waals surface area contributed by atoms with E-state index in [0.29, 0.717) is 58.4 Å². The Morgan fingerprint density at radius 1 is 1.23 bits per heavy atom. The third kappa shape index (κ3) is 5.56. The Morgan fingerprint density at radius 3 is 2.64 bits per heavy atom.